The van der Waals surface area contributed by atoms with Crippen molar-refractivity contribution in [3.63, 3.8) is 0 Å². The molecular weight excluding hydrogens is 180 g/mol. The first-order valence-electron chi connectivity index (χ1n) is 5.18. The molecule has 76 valence electrons. The number of hydrogen-bond acceptors (Lipinski definition) is 5. The van der Waals surface area contributed by atoms with Gasteiger partial charge in [-0.2, -0.15) is 0 Å². The number of nitrogens with zero attached hydrogens (tertiary/aromatic N) is 3. The molecule has 3 saturated heterocycles. The molecule has 14 heavy (non-hydrogen) atoms. The van der Waals surface area contributed by atoms with Crippen molar-refractivity contribution in [2.75, 3.05) is 19.6 Å². The Labute approximate surface area is 82.4 Å². The van der Waals surface area contributed by atoms with E-state index in [-0.39, 0.29) is 0 Å². The van der Waals surface area contributed by atoms with E-state index in [1.54, 1.807) is 6.26 Å². The smallest absolute Gasteiger partial charge is 0.149 e. The van der Waals surface area contributed by atoms with E-state index in [4.69, 9.17) is 4.52 Å². The van der Waals surface area contributed by atoms with Gasteiger partial charge in [0.2, 0.25) is 0 Å². The van der Waals surface area contributed by atoms with Gasteiger partial charge in [-0.15, -0.1) is 5.10 Å². The van der Waals surface area contributed by atoms with Gasteiger partial charge in [0.1, 0.15) is 12.0 Å². The predicted octanol–water partition coefficient (Wildman–Crippen LogP) is 0.178. The van der Waals surface area contributed by atoms with Crippen molar-refractivity contribution in [3.8, 4) is 0 Å². The van der Waals surface area contributed by atoms with Gasteiger partial charge < -0.3 is 9.84 Å². The minimum atomic E-state index is 0.355. The van der Waals surface area contributed by atoms with Crippen LogP contribution in [0.1, 0.15) is 24.6 Å². The molecule has 5 heteroatoms. The second kappa shape index (κ2) is 3.33. The molecule has 5 nitrogen and oxygen atoms in total. The van der Waals surface area contributed by atoms with Crippen molar-refractivity contribution in [2.24, 2.45) is 0 Å². The highest BCUT2D eigenvalue weighted by atomic mass is 16.5. The van der Waals surface area contributed by atoms with Crippen molar-refractivity contribution in [1.29, 1.82) is 0 Å². The molecule has 0 amide bonds. The number of aromatic nitrogens is 2. The number of rotatable bonds is 1. The molecule has 0 radical (unpaired) electrons. The Bertz CT molecular complexity index is 292. The minimum absolute atomic E-state index is 0.355. The SMILES string of the molecule is c1onnc1C1CNC2CCN1CC2. The summed E-state index contributed by atoms with van der Waals surface area (Å²) in [6, 6.07) is 1.06. The van der Waals surface area contributed by atoms with Crippen molar-refractivity contribution in [1.82, 2.24) is 20.6 Å². The molecule has 1 atom stereocenters. The highest BCUT2D eigenvalue weighted by molar-refractivity contribution is 5.03. The quantitative estimate of drug-likeness (QED) is 0.691. The molecule has 1 aromatic rings. The lowest BCUT2D eigenvalue weighted by atomic mass is 10.1. The summed E-state index contributed by atoms with van der Waals surface area (Å²) < 4.78 is 4.80. The first-order chi connectivity index (χ1) is 6.93. The highest BCUT2D eigenvalue weighted by Crippen LogP contribution is 2.26. The molecule has 0 saturated carbocycles. The Kier molecular flexibility index (Phi) is 1.99. The van der Waals surface area contributed by atoms with Gasteiger partial charge in [-0.25, -0.2) is 0 Å². The van der Waals surface area contributed by atoms with Crippen LogP contribution in [-0.4, -0.2) is 40.9 Å². The number of fused-ring (bicyclic) bond motifs is 4. The monoisotopic (exact) mass is 194 g/mol. The van der Waals surface area contributed by atoms with E-state index in [0.29, 0.717) is 12.1 Å². The fourth-order valence-electron chi connectivity index (χ4n) is 2.43. The summed E-state index contributed by atoms with van der Waals surface area (Å²) in [6.07, 6.45) is 4.16. The standard InChI is InChI=1S/C9H14N4O/c1-3-13-4-2-7(1)10-5-9(13)8-6-14-12-11-8/h6-7,9-10H,1-5H2. The van der Waals surface area contributed by atoms with Crippen LogP contribution in [-0.2, 0) is 0 Å². The fourth-order valence-corrected chi connectivity index (χ4v) is 2.43. The van der Waals surface area contributed by atoms with Gasteiger partial charge in [0, 0.05) is 30.9 Å². The molecule has 1 aromatic heterocycles. The zero-order chi connectivity index (χ0) is 9.38. The van der Waals surface area contributed by atoms with E-state index < -0.39 is 0 Å². The lowest BCUT2D eigenvalue weighted by molar-refractivity contribution is 0.186. The van der Waals surface area contributed by atoms with Crippen LogP contribution >= 0.6 is 0 Å². The molecule has 3 aliphatic heterocycles. The highest BCUT2D eigenvalue weighted by Gasteiger charge is 2.31. The molecule has 4 rings (SSSR count). The molecular formula is C9H14N4O. The second-order valence-electron chi connectivity index (χ2n) is 4.06. The topological polar surface area (TPSA) is 54.2 Å². The Morgan fingerprint density at radius 2 is 2.29 bits per heavy atom. The summed E-state index contributed by atoms with van der Waals surface area (Å²) in [7, 11) is 0. The van der Waals surface area contributed by atoms with Crippen LogP contribution < -0.4 is 5.32 Å². The lowest BCUT2D eigenvalue weighted by Crippen LogP contribution is -2.35. The van der Waals surface area contributed by atoms with Gasteiger partial charge in [-0.05, 0) is 12.8 Å². The zero-order valence-electron chi connectivity index (χ0n) is 8.02. The van der Waals surface area contributed by atoms with E-state index >= 15 is 0 Å². The van der Waals surface area contributed by atoms with Gasteiger partial charge in [0.05, 0.1) is 6.04 Å². The van der Waals surface area contributed by atoms with Crippen molar-refractivity contribution in [2.45, 2.75) is 24.9 Å². The van der Waals surface area contributed by atoms with Crippen molar-refractivity contribution >= 4 is 0 Å². The van der Waals surface area contributed by atoms with E-state index in [1.807, 2.05) is 0 Å². The maximum Gasteiger partial charge on any atom is 0.149 e. The Balaban J connectivity index is 1.85. The number of piperidine rings is 1. The number of hydrogen-bond donors (Lipinski definition) is 1. The predicted molar refractivity (Wildman–Crippen MR) is 49.6 cm³/mol. The van der Waals surface area contributed by atoms with E-state index in [1.165, 1.54) is 12.8 Å². The molecule has 2 bridgehead atoms. The average molecular weight is 194 g/mol. The summed E-state index contributed by atoms with van der Waals surface area (Å²) in [4.78, 5) is 2.47. The second-order valence-corrected chi connectivity index (χ2v) is 4.06. The van der Waals surface area contributed by atoms with E-state index in [0.717, 1.165) is 25.3 Å². The summed E-state index contributed by atoms with van der Waals surface area (Å²) >= 11 is 0. The maximum absolute atomic E-state index is 4.80. The molecule has 3 fully saturated rings. The normalized spacial score (nSPS) is 37.0. The molecule has 4 heterocycles. The Morgan fingerprint density at radius 1 is 1.43 bits per heavy atom. The van der Waals surface area contributed by atoms with Gasteiger partial charge in [-0.3, -0.25) is 4.90 Å². The summed E-state index contributed by atoms with van der Waals surface area (Å²) in [6.45, 7) is 3.29. The largest absolute Gasteiger partial charge is 0.345 e. The van der Waals surface area contributed by atoms with Crippen LogP contribution in [0.25, 0.3) is 0 Å². The summed E-state index contributed by atoms with van der Waals surface area (Å²) in [5.41, 5.74) is 0.958. The van der Waals surface area contributed by atoms with E-state index in [9.17, 15) is 0 Å². The molecule has 0 spiro atoms. The van der Waals surface area contributed by atoms with Crippen LogP contribution in [0.15, 0.2) is 10.8 Å². The molecule has 1 unspecified atom stereocenters. The van der Waals surface area contributed by atoms with Gasteiger partial charge in [0.25, 0.3) is 0 Å². The van der Waals surface area contributed by atoms with Crippen LogP contribution in [0.4, 0.5) is 0 Å². The third-order valence-electron chi connectivity index (χ3n) is 3.29. The third kappa shape index (κ3) is 1.33. The average Bonchev–Trinajstić information content (AvgIpc) is 2.60. The van der Waals surface area contributed by atoms with E-state index in [2.05, 4.69) is 20.6 Å². The first kappa shape index (κ1) is 8.38. The van der Waals surface area contributed by atoms with Crippen molar-refractivity contribution in [3.05, 3.63) is 12.0 Å². The van der Waals surface area contributed by atoms with Crippen LogP contribution in [0.3, 0.4) is 0 Å². The lowest BCUT2D eigenvalue weighted by Gasteiger charge is -2.29. The third-order valence-corrected chi connectivity index (χ3v) is 3.29. The fraction of sp³-hybridized carbons (Fsp3) is 0.778. The number of nitrogens with one attached hydrogen (secondary N) is 1. The maximum atomic E-state index is 4.80. The molecule has 1 N–H and O–H groups in total. The minimum Gasteiger partial charge on any atom is -0.345 e. The van der Waals surface area contributed by atoms with Gasteiger partial charge in [0.15, 0.2) is 0 Å². The molecule has 0 aliphatic carbocycles. The Morgan fingerprint density at radius 3 is 3.00 bits per heavy atom. The van der Waals surface area contributed by atoms with Crippen LogP contribution in [0.2, 0.25) is 0 Å². The molecule has 3 aliphatic rings. The molecule has 0 aromatic carbocycles. The summed E-state index contributed by atoms with van der Waals surface area (Å²) in [5, 5.41) is 11.1. The first-order valence-corrected chi connectivity index (χ1v) is 5.18. The zero-order valence-corrected chi connectivity index (χ0v) is 8.02. The summed E-state index contributed by atoms with van der Waals surface area (Å²) in [5.74, 6) is 0. The van der Waals surface area contributed by atoms with Gasteiger partial charge >= 0.3 is 0 Å². The van der Waals surface area contributed by atoms with Gasteiger partial charge in [-0.1, -0.05) is 0 Å². The van der Waals surface area contributed by atoms with Crippen molar-refractivity contribution < 1.29 is 4.52 Å². The Hall–Kier alpha value is -0.940. The van der Waals surface area contributed by atoms with Crippen LogP contribution in [0, 0.1) is 0 Å². The van der Waals surface area contributed by atoms with Crippen LogP contribution in [0.5, 0.6) is 0 Å².